The van der Waals surface area contributed by atoms with Crippen molar-refractivity contribution < 1.29 is 0 Å². The number of rotatable bonds is 4. The molecule has 1 unspecified atom stereocenters. The van der Waals surface area contributed by atoms with Crippen LogP contribution in [0.1, 0.15) is 49.4 Å². The van der Waals surface area contributed by atoms with Gasteiger partial charge < -0.3 is 0 Å². The van der Waals surface area contributed by atoms with Crippen LogP contribution in [0.15, 0.2) is 139 Å². The Bertz CT molecular complexity index is 3110. The highest BCUT2D eigenvalue weighted by Gasteiger charge is 2.20. The van der Waals surface area contributed by atoms with Crippen molar-refractivity contribution in [3.05, 3.63) is 161 Å². The topological polar surface area (TPSA) is 25.8 Å². The number of thiophene rings is 1. The Labute approximate surface area is 326 Å². The quantitative estimate of drug-likeness (QED) is 0.169. The molecule has 55 heavy (non-hydrogen) atoms. The first kappa shape index (κ1) is 33.7. The van der Waals surface area contributed by atoms with Crippen LogP contribution >= 0.6 is 11.3 Å². The predicted molar refractivity (Wildman–Crippen MR) is 238 cm³/mol. The van der Waals surface area contributed by atoms with E-state index in [0.717, 1.165) is 39.5 Å². The summed E-state index contributed by atoms with van der Waals surface area (Å²) in [7, 11) is 0. The number of aryl methyl sites for hydroxylation is 3. The second kappa shape index (κ2) is 12.9. The van der Waals surface area contributed by atoms with E-state index in [2.05, 4.69) is 163 Å². The molecule has 0 fully saturated rings. The van der Waals surface area contributed by atoms with Gasteiger partial charge in [-0.2, -0.15) is 0 Å². The highest BCUT2D eigenvalue weighted by Crippen LogP contribution is 2.42. The molecule has 1 aliphatic rings. The van der Waals surface area contributed by atoms with Crippen LogP contribution in [0.3, 0.4) is 0 Å². The largest absolute Gasteiger partial charge is 0.252 e. The molecule has 0 amide bonds. The van der Waals surface area contributed by atoms with Gasteiger partial charge in [0.1, 0.15) is 0 Å². The Hall–Kier alpha value is -5.90. The standard InChI is InChI=1S/C52H42N2S/c1-29-20-31(3)49(32(4)21-29)38-14-17-40-41-18-15-39(50-33(5)22-30(2)23-34(50)6)27-45(41)52-51(44(40)26-38)53-28-46(54-52)37-11-9-10-35(24-37)36-16-19-48-43(25-36)42-12-7-8-13-47(42)55-48/h7-20,22-29H,21H2,1-6H3. The molecule has 2 heterocycles. The molecule has 2 aromatic heterocycles. The molecule has 0 radical (unpaired) electrons. The van der Waals surface area contributed by atoms with E-state index in [4.69, 9.17) is 9.97 Å². The zero-order valence-corrected chi connectivity index (χ0v) is 33.0. The van der Waals surface area contributed by atoms with Crippen molar-refractivity contribution in [2.24, 2.45) is 5.92 Å². The molecule has 0 saturated carbocycles. The van der Waals surface area contributed by atoms with Gasteiger partial charge in [0.25, 0.3) is 0 Å². The predicted octanol–water partition coefficient (Wildman–Crippen LogP) is 15.0. The Balaban J connectivity index is 1.18. The fourth-order valence-electron chi connectivity index (χ4n) is 9.54. The van der Waals surface area contributed by atoms with Crippen LogP contribution in [0.5, 0.6) is 0 Å². The lowest BCUT2D eigenvalue weighted by molar-refractivity contribution is 0.704. The molecular formula is C52H42N2S. The van der Waals surface area contributed by atoms with Crippen LogP contribution < -0.4 is 0 Å². The maximum absolute atomic E-state index is 5.53. The molecule has 0 bridgehead atoms. The summed E-state index contributed by atoms with van der Waals surface area (Å²) < 4.78 is 2.64. The van der Waals surface area contributed by atoms with Crippen LogP contribution in [0.4, 0.5) is 0 Å². The maximum Gasteiger partial charge on any atom is 0.0979 e. The lowest BCUT2D eigenvalue weighted by atomic mass is 9.82. The molecule has 0 aliphatic heterocycles. The summed E-state index contributed by atoms with van der Waals surface area (Å²) in [6.45, 7) is 13.5. The van der Waals surface area contributed by atoms with E-state index >= 15 is 0 Å². The SMILES string of the molecule is CC1=CC(C)CC(C)=C1c1ccc2c3ccc(-c4c(C)cc(C)cc4C)cc3c3nc(-c4cccc(-c5ccc6sc7ccccc7c6c5)c4)cnc3c2c1. The van der Waals surface area contributed by atoms with Gasteiger partial charge in [0.05, 0.1) is 22.9 Å². The number of hydrogen-bond acceptors (Lipinski definition) is 3. The van der Waals surface area contributed by atoms with Gasteiger partial charge in [0, 0.05) is 36.5 Å². The van der Waals surface area contributed by atoms with E-state index in [-0.39, 0.29) is 0 Å². The molecule has 9 aromatic rings. The molecule has 1 aliphatic carbocycles. The summed E-state index contributed by atoms with van der Waals surface area (Å²) in [5.41, 5.74) is 18.0. The normalized spacial score (nSPS) is 14.9. The number of allylic oxidation sites excluding steroid dienone is 4. The van der Waals surface area contributed by atoms with Crippen molar-refractivity contribution in [2.75, 3.05) is 0 Å². The van der Waals surface area contributed by atoms with Gasteiger partial charge in [0.15, 0.2) is 0 Å². The van der Waals surface area contributed by atoms with Crippen molar-refractivity contribution in [3.8, 4) is 33.5 Å². The summed E-state index contributed by atoms with van der Waals surface area (Å²) >= 11 is 1.86. The minimum atomic E-state index is 0.560. The third-order valence-corrected chi connectivity index (χ3v) is 12.9. The zero-order chi connectivity index (χ0) is 37.5. The van der Waals surface area contributed by atoms with Crippen LogP contribution in [0, 0.1) is 26.7 Å². The molecule has 7 aromatic carbocycles. The third-order valence-electron chi connectivity index (χ3n) is 11.7. The van der Waals surface area contributed by atoms with Crippen molar-refractivity contribution in [2.45, 2.75) is 48.0 Å². The number of nitrogens with zero attached hydrogens (tertiary/aromatic N) is 2. The Kier molecular flexibility index (Phi) is 7.87. The highest BCUT2D eigenvalue weighted by molar-refractivity contribution is 7.25. The Morgan fingerprint density at radius 3 is 2.00 bits per heavy atom. The second-order valence-corrected chi connectivity index (χ2v) is 16.9. The van der Waals surface area contributed by atoms with Gasteiger partial charge in [-0.25, -0.2) is 4.98 Å². The molecule has 0 saturated heterocycles. The molecule has 0 spiro atoms. The van der Waals surface area contributed by atoms with Crippen LogP contribution in [-0.4, -0.2) is 9.97 Å². The van der Waals surface area contributed by atoms with E-state index in [1.165, 1.54) is 92.2 Å². The molecule has 266 valence electrons. The van der Waals surface area contributed by atoms with E-state index in [1.54, 1.807) is 0 Å². The second-order valence-electron chi connectivity index (χ2n) is 15.8. The van der Waals surface area contributed by atoms with Gasteiger partial charge in [-0.05, 0) is 144 Å². The lowest BCUT2D eigenvalue weighted by Crippen LogP contribution is -2.04. The van der Waals surface area contributed by atoms with Gasteiger partial charge in [-0.15, -0.1) is 11.3 Å². The number of fused-ring (bicyclic) bond motifs is 9. The first-order chi connectivity index (χ1) is 26.7. The minimum Gasteiger partial charge on any atom is -0.252 e. The molecule has 10 rings (SSSR count). The van der Waals surface area contributed by atoms with Gasteiger partial charge in [-0.3, -0.25) is 4.98 Å². The maximum atomic E-state index is 5.53. The number of aromatic nitrogens is 2. The van der Waals surface area contributed by atoms with Crippen LogP contribution in [0.2, 0.25) is 0 Å². The van der Waals surface area contributed by atoms with Gasteiger partial charge in [-0.1, -0.05) is 103 Å². The van der Waals surface area contributed by atoms with E-state index < -0.39 is 0 Å². The van der Waals surface area contributed by atoms with E-state index in [0.29, 0.717) is 5.92 Å². The van der Waals surface area contributed by atoms with E-state index in [1.807, 2.05) is 17.5 Å². The lowest BCUT2D eigenvalue weighted by Gasteiger charge is -2.22. The fraction of sp³-hybridized carbons (Fsp3) is 0.154. The Morgan fingerprint density at radius 1 is 0.545 bits per heavy atom. The minimum absolute atomic E-state index is 0.560. The summed E-state index contributed by atoms with van der Waals surface area (Å²) in [6.07, 6.45) is 5.48. The fourth-order valence-corrected chi connectivity index (χ4v) is 10.6. The highest BCUT2D eigenvalue weighted by atomic mass is 32.1. The number of benzene rings is 7. The van der Waals surface area contributed by atoms with Crippen molar-refractivity contribution in [3.63, 3.8) is 0 Å². The van der Waals surface area contributed by atoms with E-state index in [9.17, 15) is 0 Å². The van der Waals surface area contributed by atoms with Crippen LogP contribution in [-0.2, 0) is 0 Å². The summed E-state index contributed by atoms with van der Waals surface area (Å²) in [4.78, 5) is 10.8. The summed E-state index contributed by atoms with van der Waals surface area (Å²) in [5, 5.41) is 7.30. The molecular weight excluding hydrogens is 685 g/mol. The smallest absolute Gasteiger partial charge is 0.0979 e. The summed E-state index contributed by atoms with van der Waals surface area (Å²) in [5.74, 6) is 0.560. The average Bonchev–Trinajstić information content (AvgIpc) is 3.55. The summed E-state index contributed by atoms with van der Waals surface area (Å²) in [6, 6.07) is 42.9. The van der Waals surface area contributed by atoms with Crippen molar-refractivity contribution in [1.82, 2.24) is 9.97 Å². The molecule has 3 heteroatoms. The molecule has 1 atom stereocenters. The van der Waals surface area contributed by atoms with Crippen molar-refractivity contribution >= 4 is 69.7 Å². The zero-order valence-electron chi connectivity index (χ0n) is 32.2. The van der Waals surface area contributed by atoms with Crippen LogP contribution in [0.25, 0.3) is 91.8 Å². The molecule has 0 N–H and O–H groups in total. The first-order valence-electron chi connectivity index (χ1n) is 19.4. The third kappa shape index (κ3) is 5.60. The van der Waals surface area contributed by atoms with Gasteiger partial charge >= 0.3 is 0 Å². The Morgan fingerprint density at radius 2 is 1.20 bits per heavy atom. The van der Waals surface area contributed by atoms with Crippen molar-refractivity contribution in [1.29, 1.82) is 0 Å². The first-order valence-corrected chi connectivity index (χ1v) is 20.2. The molecule has 2 nitrogen and oxygen atoms in total. The monoisotopic (exact) mass is 726 g/mol. The average molecular weight is 727 g/mol. The number of hydrogen-bond donors (Lipinski definition) is 0. The van der Waals surface area contributed by atoms with Gasteiger partial charge in [0.2, 0.25) is 0 Å².